The van der Waals surface area contributed by atoms with Gasteiger partial charge in [0.05, 0.1) is 5.56 Å². The minimum absolute atomic E-state index is 0.0379. The lowest BCUT2D eigenvalue weighted by Gasteiger charge is -2.09. The molecule has 0 saturated heterocycles. The molecule has 0 aliphatic carbocycles. The van der Waals surface area contributed by atoms with Gasteiger partial charge in [0.15, 0.2) is 17.3 Å². The molecule has 1 N–H and O–H groups in total. The van der Waals surface area contributed by atoms with E-state index in [0.29, 0.717) is 5.75 Å². The van der Waals surface area contributed by atoms with E-state index in [4.69, 9.17) is 20.2 Å². The Labute approximate surface area is 156 Å². The fourth-order valence-electron chi connectivity index (χ4n) is 2.30. The number of halogens is 1. The van der Waals surface area contributed by atoms with Gasteiger partial charge in [-0.05, 0) is 30.5 Å². The predicted octanol–water partition coefficient (Wildman–Crippen LogP) is 2.18. The van der Waals surface area contributed by atoms with Crippen LogP contribution in [0, 0.1) is 0 Å². The number of carbonyl (C=O) groups excluding carboxylic acids is 3. The zero-order valence-corrected chi connectivity index (χ0v) is 15.5. The van der Waals surface area contributed by atoms with Crippen molar-refractivity contribution in [3.05, 3.63) is 39.6 Å². The Kier molecular flexibility index (Phi) is 4.74. The lowest BCUT2D eigenvalue weighted by molar-refractivity contribution is 0.0844. The van der Waals surface area contributed by atoms with Gasteiger partial charge in [-0.1, -0.05) is 0 Å². The molecule has 1 aromatic carbocycles. The normalized spacial score (nSPS) is 12.7. The second kappa shape index (κ2) is 6.71. The molecule has 0 bridgehead atoms. The van der Waals surface area contributed by atoms with E-state index in [0.717, 1.165) is 17.4 Å². The molecule has 136 valence electrons. The molecule has 0 spiro atoms. The molecule has 1 aromatic heterocycles. The number of amides is 2. The van der Waals surface area contributed by atoms with Crippen LogP contribution in [-0.2, 0) is 9.05 Å². The third-order valence-corrected chi connectivity index (χ3v) is 5.87. The molecule has 11 heteroatoms. The number of ether oxygens (including phenoxy) is 2. The molecule has 0 radical (unpaired) electrons. The molecule has 1 aliphatic heterocycles. The summed E-state index contributed by atoms with van der Waals surface area (Å²) < 4.78 is 33.3. The molecule has 3 rings (SSSR count). The zero-order chi connectivity index (χ0) is 19.1. The van der Waals surface area contributed by atoms with Crippen LogP contribution in [0.3, 0.4) is 0 Å². The number of carbonyl (C=O) groups is 3. The van der Waals surface area contributed by atoms with Gasteiger partial charge in [-0.15, -0.1) is 11.3 Å². The van der Waals surface area contributed by atoms with Crippen LogP contribution >= 0.6 is 22.0 Å². The van der Waals surface area contributed by atoms with Crippen molar-refractivity contribution in [1.29, 1.82) is 0 Å². The summed E-state index contributed by atoms with van der Waals surface area (Å²) in [6.45, 7) is 1.20. The van der Waals surface area contributed by atoms with Crippen LogP contribution < -0.4 is 14.8 Å². The molecular weight excluding hydrogens is 406 g/mol. The summed E-state index contributed by atoms with van der Waals surface area (Å²) in [5.74, 6) is -1.68. The van der Waals surface area contributed by atoms with Crippen molar-refractivity contribution in [1.82, 2.24) is 5.32 Å². The van der Waals surface area contributed by atoms with Gasteiger partial charge in [-0.2, -0.15) is 0 Å². The van der Waals surface area contributed by atoms with Crippen molar-refractivity contribution >= 4 is 48.7 Å². The third-order valence-electron chi connectivity index (χ3n) is 3.46. The Hall–Kier alpha value is -2.43. The Bertz CT molecular complexity index is 1040. The number of ketones is 1. The van der Waals surface area contributed by atoms with Gasteiger partial charge in [0.25, 0.3) is 20.9 Å². The van der Waals surface area contributed by atoms with Gasteiger partial charge in [-0.3, -0.25) is 19.7 Å². The average Bonchev–Trinajstić information content (AvgIpc) is 3.21. The SMILES string of the molecule is CC(=O)c1cc2c(cc1C(=O)NC(=O)c1sccc1S(=O)(=O)Cl)OCO2. The first kappa shape index (κ1) is 18.4. The zero-order valence-electron chi connectivity index (χ0n) is 13.1. The molecular formula is C15H10ClNO7S2. The minimum Gasteiger partial charge on any atom is -0.454 e. The molecule has 0 saturated carbocycles. The Morgan fingerprint density at radius 3 is 2.31 bits per heavy atom. The maximum Gasteiger partial charge on any atom is 0.269 e. The molecule has 0 atom stereocenters. The highest BCUT2D eigenvalue weighted by atomic mass is 35.7. The third kappa shape index (κ3) is 3.43. The summed E-state index contributed by atoms with van der Waals surface area (Å²) in [4.78, 5) is 35.9. The number of hydrogen-bond donors (Lipinski definition) is 1. The first-order valence-electron chi connectivity index (χ1n) is 7.01. The molecule has 0 fully saturated rings. The first-order chi connectivity index (χ1) is 12.2. The fourth-order valence-corrected chi connectivity index (χ4v) is 4.61. The van der Waals surface area contributed by atoms with Crippen molar-refractivity contribution in [3.8, 4) is 11.5 Å². The topological polar surface area (TPSA) is 116 Å². The number of benzene rings is 1. The number of rotatable bonds is 4. The van der Waals surface area contributed by atoms with Gasteiger partial charge >= 0.3 is 0 Å². The summed E-state index contributed by atoms with van der Waals surface area (Å²) in [6.07, 6.45) is 0. The number of hydrogen-bond acceptors (Lipinski definition) is 8. The van der Waals surface area contributed by atoms with E-state index in [2.05, 4.69) is 5.32 Å². The Morgan fingerprint density at radius 1 is 1.12 bits per heavy atom. The molecule has 8 nitrogen and oxygen atoms in total. The average molecular weight is 416 g/mol. The molecule has 2 amide bonds. The van der Waals surface area contributed by atoms with Gasteiger partial charge in [0, 0.05) is 16.2 Å². The summed E-state index contributed by atoms with van der Waals surface area (Å²) in [5.41, 5.74) is -0.0575. The van der Waals surface area contributed by atoms with E-state index in [-0.39, 0.29) is 28.5 Å². The highest BCUT2D eigenvalue weighted by Gasteiger charge is 2.27. The van der Waals surface area contributed by atoms with Crippen molar-refractivity contribution in [2.75, 3.05) is 6.79 Å². The molecule has 1 aliphatic rings. The molecule has 2 heterocycles. The Balaban J connectivity index is 1.93. The quantitative estimate of drug-likeness (QED) is 0.462. The fraction of sp³-hybridized carbons (Fsp3) is 0.133. The van der Waals surface area contributed by atoms with Crippen molar-refractivity contribution in [3.63, 3.8) is 0 Å². The minimum atomic E-state index is -4.15. The van der Waals surface area contributed by atoms with Crippen LogP contribution in [-0.4, -0.2) is 32.8 Å². The maximum atomic E-state index is 12.5. The monoisotopic (exact) mass is 415 g/mol. The summed E-state index contributed by atoms with van der Waals surface area (Å²) in [6, 6.07) is 3.80. The second-order valence-electron chi connectivity index (χ2n) is 5.14. The predicted molar refractivity (Wildman–Crippen MR) is 91.7 cm³/mol. The maximum absolute atomic E-state index is 12.5. The largest absolute Gasteiger partial charge is 0.454 e. The van der Waals surface area contributed by atoms with Gasteiger partial charge < -0.3 is 9.47 Å². The molecule has 0 unspecified atom stereocenters. The number of thiophene rings is 1. The van der Waals surface area contributed by atoms with E-state index in [1.165, 1.54) is 24.4 Å². The second-order valence-corrected chi connectivity index (χ2v) is 8.59. The van der Waals surface area contributed by atoms with E-state index in [1.807, 2.05) is 0 Å². The van der Waals surface area contributed by atoms with Crippen molar-refractivity contribution in [2.24, 2.45) is 0 Å². The highest BCUT2D eigenvalue weighted by Crippen LogP contribution is 2.35. The summed E-state index contributed by atoms with van der Waals surface area (Å²) in [5, 5.41) is 3.42. The Morgan fingerprint density at radius 2 is 1.73 bits per heavy atom. The van der Waals surface area contributed by atoms with Crippen LogP contribution in [0.15, 0.2) is 28.5 Å². The number of fused-ring (bicyclic) bond motifs is 1. The lowest BCUT2D eigenvalue weighted by Crippen LogP contribution is -2.31. The van der Waals surface area contributed by atoms with Crippen LogP contribution in [0.5, 0.6) is 11.5 Å². The van der Waals surface area contributed by atoms with E-state index in [1.54, 1.807) is 0 Å². The summed E-state index contributed by atoms with van der Waals surface area (Å²) in [7, 11) is 1.13. The van der Waals surface area contributed by atoms with Crippen molar-refractivity contribution < 1.29 is 32.3 Å². The van der Waals surface area contributed by atoms with E-state index < -0.39 is 31.5 Å². The molecule has 26 heavy (non-hydrogen) atoms. The van der Waals surface area contributed by atoms with Crippen LogP contribution in [0.2, 0.25) is 0 Å². The number of nitrogens with one attached hydrogen (secondary N) is 1. The lowest BCUT2D eigenvalue weighted by atomic mass is 10.0. The first-order valence-corrected chi connectivity index (χ1v) is 10.2. The highest BCUT2D eigenvalue weighted by molar-refractivity contribution is 8.13. The van der Waals surface area contributed by atoms with Crippen LogP contribution in [0.1, 0.15) is 37.3 Å². The van der Waals surface area contributed by atoms with Gasteiger partial charge in [0.1, 0.15) is 9.77 Å². The van der Waals surface area contributed by atoms with Gasteiger partial charge in [0.2, 0.25) is 6.79 Å². The smallest absolute Gasteiger partial charge is 0.269 e. The van der Waals surface area contributed by atoms with E-state index in [9.17, 15) is 22.8 Å². The standard InChI is InChI=1S/C15H10ClNO7S2/c1-7(18)8-4-10-11(24-6-23-10)5-9(8)14(19)17-15(20)13-12(2-3-25-13)26(16,21)22/h2-5H,6H2,1H3,(H,17,19,20). The number of imide groups is 1. The number of Topliss-reactive ketones (excluding diaryl/α,β-unsaturated/α-hetero) is 1. The van der Waals surface area contributed by atoms with Gasteiger partial charge in [-0.25, -0.2) is 8.42 Å². The van der Waals surface area contributed by atoms with Crippen molar-refractivity contribution in [2.45, 2.75) is 11.8 Å². The van der Waals surface area contributed by atoms with E-state index >= 15 is 0 Å². The van der Waals surface area contributed by atoms with Crippen LogP contribution in [0.25, 0.3) is 0 Å². The molecule has 2 aromatic rings. The summed E-state index contributed by atoms with van der Waals surface area (Å²) >= 11 is 0.813. The van der Waals surface area contributed by atoms with Crippen LogP contribution in [0.4, 0.5) is 0 Å².